The van der Waals surface area contributed by atoms with Gasteiger partial charge in [0, 0.05) is 60.7 Å². The van der Waals surface area contributed by atoms with Crippen molar-refractivity contribution in [3.05, 3.63) is 0 Å². The summed E-state index contributed by atoms with van der Waals surface area (Å²) in [6.45, 7) is 0. The average Bonchev–Trinajstić information content (AvgIpc) is 0. The normalized spacial score (nSPS) is 0. The molecule has 0 aliphatic carbocycles. The molecule has 0 nitrogen and oxygen atoms in total. The molecule has 0 atom stereocenters. The second kappa shape index (κ2) is 16.0. The van der Waals surface area contributed by atoms with Gasteiger partial charge in [-0.05, 0) is 0 Å². The first-order chi connectivity index (χ1) is 0. The van der Waals surface area contributed by atoms with Crippen LogP contribution in [0.15, 0.2) is 0 Å². The van der Waals surface area contributed by atoms with Crippen molar-refractivity contribution in [1.29, 1.82) is 0 Å². The van der Waals surface area contributed by atoms with E-state index in [0.29, 0.717) is 0 Å². The van der Waals surface area contributed by atoms with Gasteiger partial charge in [-0.3, -0.25) is 0 Å². The summed E-state index contributed by atoms with van der Waals surface area (Å²) < 4.78 is 0. The zero-order valence-electron chi connectivity index (χ0n) is 1.91. The van der Waals surface area contributed by atoms with Gasteiger partial charge in [-0.2, -0.15) is 0 Å². The van der Waals surface area contributed by atoms with Crippen molar-refractivity contribution < 1.29 is 60.7 Å². The van der Waals surface area contributed by atoms with E-state index in [2.05, 4.69) is 0 Å². The molecule has 0 fully saturated rings. The first kappa shape index (κ1) is 25.8. The summed E-state index contributed by atoms with van der Waals surface area (Å²) in [7, 11) is 0. The molecular weight excluding hydrogens is 316 g/mol. The molecule has 0 spiro atoms. The van der Waals surface area contributed by atoms with E-state index in [9.17, 15) is 0 Å². The standard InChI is InChI=1S/Ba.Ti.2Zn.2H. The van der Waals surface area contributed by atoms with E-state index < -0.39 is 0 Å². The maximum absolute atomic E-state index is 0. The molecule has 0 unspecified atom stereocenters. The molecule has 0 aromatic heterocycles. The maximum atomic E-state index is 0. The van der Waals surface area contributed by atoms with Gasteiger partial charge in [-0.25, -0.2) is 0 Å². The Morgan fingerprint density at radius 1 is 0.750 bits per heavy atom. The summed E-state index contributed by atoms with van der Waals surface area (Å²) in [6, 6.07) is 0. The maximum Gasteiger partial charge on any atom is 0 e. The van der Waals surface area contributed by atoms with E-state index in [1.54, 1.807) is 0 Å². The quantitative estimate of drug-likeness (QED) is 0.507. The Morgan fingerprint density at radius 2 is 0.750 bits per heavy atom. The van der Waals surface area contributed by atoms with Crippen LogP contribution in [0.5, 0.6) is 0 Å². The zero-order valence-corrected chi connectivity index (χ0v) is 9.41. The Morgan fingerprint density at radius 3 is 0.750 bits per heavy atom. The summed E-state index contributed by atoms with van der Waals surface area (Å²) >= 11 is 0. The minimum Gasteiger partial charge on any atom is 0 e. The Kier molecular flexibility index (Phi) is 103. The molecule has 0 bridgehead atoms. The number of hydrogen-bond donors (Lipinski definition) is 0. The van der Waals surface area contributed by atoms with Crippen LogP contribution in [0.25, 0.3) is 0 Å². The van der Waals surface area contributed by atoms with Crippen molar-refractivity contribution in [1.82, 2.24) is 0 Å². The molecule has 4 heteroatoms. The molecule has 0 aliphatic rings. The largest absolute Gasteiger partial charge is 0 e. The van der Waals surface area contributed by atoms with Crippen LogP contribution in [0.3, 0.4) is 0 Å². The fourth-order valence-corrected chi connectivity index (χ4v) is 0. The van der Waals surface area contributed by atoms with Crippen molar-refractivity contribution >= 4 is 48.9 Å². The fourth-order valence-electron chi connectivity index (χ4n) is 0. The van der Waals surface area contributed by atoms with Crippen molar-refractivity contribution in [2.45, 2.75) is 0 Å². The van der Waals surface area contributed by atoms with Gasteiger partial charge in [-0.1, -0.05) is 0 Å². The van der Waals surface area contributed by atoms with Crippen LogP contribution in [-0.4, -0.2) is 48.9 Å². The second-order valence-electron chi connectivity index (χ2n) is 0. The molecule has 12 valence electrons. The van der Waals surface area contributed by atoms with Crippen molar-refractivity contribution in [3.8, 4) is 0 Å². The van der Waals surface area contributed by atoms with Gasteiger partial charge in [0.1, 0.15) is 0 Å². The van der Waals surface area contributed by atoms with E-state index in [0.717, 1.165) is 0 Å². The Balaban J connectivity index is 0. The molecule has 0 aliphatic heterocycles. The summed E-state index contributed by atoms with van der Waals surface area (Å²) in [4.78, 5) is 0. The summed E-state index contributed by atoms with van der Waals surface area (Å²) in [5.41, 5.74) is 0. The molecule has 0 amide bonds. The minimum absolute atomic E-state index is 0. The molecule has 0 radical (unpaired) electrons. The van der Waals surface area contributed by atoms with Gasteiger partial charge in [0.2, 0.25) is 0 Å². The van der Waals surface area contributed by atoms with E-state index in [1.807, 2.05) is 0 Å². The van der Waals surface area contributed by atoms with Crippen LogP contribution in [-0.2, 0) is 60.7 Å². The topological polar surface area (TPSA) is 0 Å². The second-order valence-corrected chi connectivity index (χ2v) is 0. The first-order valence-corrected chi connectivity index (χ1v) is 0. The third-order valence-corrected chi connectivity index (χ3v) is 0. The fraction of sp³-hybridized carbons (Fsp3) is 0. The van der Waals surface area contributed by atoms with Crippen LogP contribution in [0.4, 0.5) is 0 Å². The Hall–Kier alpha value is 3.53. The zero-order chi connectivity index (χ0) is 0. The van der Waals surface area contributed by atoms with Gasteiger partial charge in [0.15, 0.2) is 0 Å². The molecule has 4 heavy (non-hydrogen) atoms. The molecule has 0 rings (SSSR count). The van der Waals surface area contributed by atoms with Gasteiger partial charge >= 0.3 is 48.9 Å². The smallest absolute Gasteiger partial charge is 0 e. The third-order valence-electron chi connectivity index (χ3n) is 0. The van der Waals surface area contributed by atoms with E-state index in [1.165, 1.54) is 0 Å². The third kappa shape index (κ3) is 9.11. The first-order valence-electron chi connectivity index (χ1n) is 0. The summed E-state index contributed by atoms with van der Waals surface area (Å²) in [5, 5.41) is 0. The van der Waals surface area contributed by atoms with Crippen LogP contribution < -0.4 is 0 Å². The number of rotatable bonds is 0. The van der Waals surface area contributed by atoms with Crippen LogP contribution >= 0.6 is 0 Å². The van der Waals surface area contributed by atoms with Crippen LogP contribution in [0, 0.1) is 0 Å². The van der Waals surface area contributed by atoms with Gasteiger partial charge in [0.05, 0.1) is 0 Å². The molecule has 0 aromatic rings. The average molecular weight is 318 g/mol. The van der Waals surface area contributed by atoms with Crippen molar-refractivity contribution in [2.24, 2.45) is 0 Å². The van der Waals surface area contributed by atoms with Gasteiger partial charge < -0.3 is 0 Å². The van der Waals surface area contributed by atoms with Gasteiger partial charge in [-0.15, -0.1) is 0 Å². The Bertz CT molecular complexity index is 6.00. The predicted octanol–water partition coefficient (Wildman–Crippen LogP) is -0.924. The van der Waals surface area contributed by atoms with E-state index in [-0.39, 0.29) is 110 Å². The molecule has 0 saturated heterocycles. The van der Waals surface area contributed by atoms with E-state index in [4.69, 9.17) is 0 Å². The van der Waals surface area contributed by atoms with Crippen molar-refractivity contribution in [3.63, 3.8) is 0 Å². The number of hydrogen-bond acceptors (Lipinski definition) is 0. The predicted molar refractivity (Wildman–Crippen MR) is 8.54 cm³/mol. The van der Waals surface area contributed by atoms with Gasteiger partial charge in [0.25, 0.3) is 0 Å². The Labute approximate surface area is 107 Å². The molecular formula is H2BaTiZn2. The van der Waals surface area contributed by atoms with Crippen LogP contribution in [0.2, 0.25) is 0 Å². The summed E-state index contributed by atoms with van der Waals surface area (Å²) in [5.74, 6) is 0. The summed E-state index contributed by atoms with van der Waals surface area (Å²) in [6.07, 6.45) is 0. The molecule has 0 aromatic carbocycles. The molecule has 0 heterocycles. The van der Waals surface area contributed by atoms with E-state index >= 15 is 0 Å². The molecule has 0 N–H and O–H groups in total. The minimum atomic E-state index is 0. The molecule has 0 saturated carbocycles. The van der Waals surface area contributed by atoms with Crippen LogP contribution in [0.1, 0.15) is 0 Å². The van der Waals surface area contributed by atoms with Crippen molar-refractivity contribution in [2.75, 3.05) is 0 Å². The SMILES string of the molecule is [BaH2].[Ti].[Zn].[Zn]. The monoisotopic (exact) mass is 316 g/mol.